The second kappa shape index (κ2) is 10.1. The summed E-state index contributed by atoms with van der Waals surface area (Å²) in [7, 11) is 5.62. The first-order valence-corrected chi connectivity index (χ1v) is 8.24. The van der Waals surface area contributed by atoms with Crippen molar-refractivity contribution in [3.8, 4) is 17.4 Å². The van der Waals surface area contributed by atoms with Crippen molar-refractivity contribution >= 4 is 5.97 Å². The average Bonchev–Trinajstić information content (AvgIpc) is 3.08. The van der Waals surface area contributed by atoms with E-state index in [0.29, 0.717) is 29.8 Å². The van der Waals surface area contributed by atoms with Crippen molar-refractivity contribution in [1.82, 2.24) is 30.6 Å². The van der Waals surface area contributed by atoms with Crippen LogP contribution in [0.25, 0.3) is 11.5 Å². The molecule has 2 heterocycles. The van der Waals surface area contributed by atoms with Crippen LogP contribution in [0.4, 0.5) is 13.2 Å². The quantitative estimate of drug-likeness (QED) is 0.682. The first kappa shape index (κ1) is 24.2. The van der Waals surface area contributed by atoms with Crippen LogP contribution < -0.4 is 10.1 Å². The Labute approximate surface area is 165 Å². The third-order valence-corrected chi connectivity index (χ3v) is 3.22. The molecular weight excluding hydrogens is 397 g/mol. The molecule has 2 N–H and O–H groups in total. The van der Waals surface area contributed by atoms with Gasteiger partial charge in [-0.15, -0.1) is 10.2 Å². The number of hydrogen-bond acceptors (Lipinski definition) is 9. The van der Waals surface area contributed by atoms with E-state index in [9.17, 15) is 13.2 Å². The molecule has 2 aromatic rings. The van der Waals surface area contributed by atoms with Gasteiger partial charge in [-0.1, -0.05) is 5.16 Å². The van der Waals surface area contributed by atoms with Crippen molar-refractivity contribution in [3.63, 3.8) is 0 Å². The molecular formula is C16H23F3N6O4. The van der Waals surface area contributed by atoms with Gasteiger partial charge >= 0.3 is 12.1 Å². The molecule has 0 bridgehead atoms. The van der Waals surface area contributed by atoms with Crippen LogP contribution in [0.5, 0.6) is 5.88 Å². The van der Waals surface area contributed by atoms with Crippen molar-refractivity contribution in [3.05, 3.63) is 18.0 Å². The molecule has 0 spiro atoms. The molecule has 0 aromatic carbocycles. The highest BCUT2D eigenvalue weighted by Crippen LogP contribution is 2.15. The largest absolute Gasteiger partial charge is 0.490 e. The van der Waals surface area contributed by atoms with E-state index in [0.717, 1.165) is 6.54 Å². The Balaban J connectivity index is 0.000000516. The molecule has 0 aliphatic carbocycles. The van der Waals surface area contributed by atoms with E-state index in [1.54, 1.807) is 12.1 Å². The molecule has 0 aliphatic heterocycles. The molecule has 0 radical (unpaired) electrons. The van der Waals surface area contributed by atoms with Crippen molar-refractivity contribution in [2.45, 2.75) is 32.1 Å². The van der Waals surface area contributed by atoms with E-state index in [1.165, 1.54) is 7.11 Å². The number of carbonyl (C=O) groups is 1. The van der Waals surface area contributed by atoms with Crippen LogP contribution in [-0.4, -0.2) is 75.8 Å². The Morgan fingerprint density at radius 3 is 2.34 bits per heavy atom. The molecule has 0 fully saturated rings. The van der Waals surface area contributed by atoms with Crippen molar-refractivity contribution < 1.29 is 32.3 Å². The topological polar surface area (TPSA) is 127 Å². The Bertz CT molecular complexity index is 778. The van der Waals surface area contributed by atoms with Crippen LogP contribution in [0.3, 0.4) is 0 Å². The minimum atomic E-state index is -5.08. The fourth-order valence-corrected chi connectivity index (χ4v) is 2.14. The molecule has 0 aliphatic rings. The predicted molar refractivity (Wildman–Crippen MR) is 95.0 cm³/mol. The third-order valence-electron chi connectivity index (χ3n) is 3.22. The van der Waals surface area contributed by atoms with E-state index in [-0.39, 0.29) is 5.54 Å². The summed E-state index contributed by atoms with van der Waals surface area (Å²) >= 11 is 0. The van der Waals surface area contributed by atoms with Gasteiger partial charge in [0.05, 0.1) is 13.7 Å². The van der Waals surface area contributed by atoms with Crippen LogP contribution in [0.15, 0.2) is 16.7 Å². The summed E-state index contributed by atoms with van der Waals surface area (Å²) in [4.78, 5) is 15.3. The summed E-state index contributed by atoms with van der Waals surface area (Å²) in [6.07, 6.45) is -5.08. The number of rotatable bonds is 7. The van der Waals surface area contributed by atoms with Crippen LogP contribution in [0.1, 0.15) is 19.7 Å². The average molecular weight is 420 g/mol. The molecule has 0 saturated carbocycles. The van der Waals surface area contributed by atoms with Gasteiger partial charge in [0.2, 0.25) is 17.6 Å². The summed E-state index contributed by atoms with van der Waals surface area (Å²) in [6, 6.07) is 3.45. The van der Waals surface area contributed by atoms with Crippen molar-refractivity contribution in [2.24, 2.45) is 0 Å². The lowest BCUT2D eigenvalue weighted by Crippen LogP contribution is -2.46. The highest BCUT2D eigenvalue weighted by atomic mass is 19.4. The summed E-state index contributed by atoms with van der Waals surface area (Å²) in [5.41, 5.74) is 0.487. The molecule has 0 amide bonds. The normalized spacial score (nSPS) is 11.8. The smallest absolute Gasteiger partial charge is 0.480 e. The summed E-state index contributed by atoms with van der Waals surface area (Å²) in [5.74, 6) is -1.39. The van der Waals surface area contributed by atoms with Crippen LogP contribution in [0, 0.1) is 0 Å². The number of hydrogen-bond donors (Lipinski definition) is 2. The number of halogens is 3. The van der Waals surface area contributed by atoms with Gasteiger partial charge in [0, 0.05) is 18.2 Å². The van der Waals surface area contributed by atoms with Gasteiger partial charge in [-0.05, 0) is 34.0 Å². The molecule has 29 heavy (non-hydrogen) atoms. The molecule has 0 atom stereocenters. The lowest BCUT2D eigenvalue weighted by Gasteiger charge is -2.28. The van der Waals surface area contributed by atoms with Gasteiger partial charge in [0.1, 0.15) is 5.69 Å². The molecule has 2 aromatic heterocycles. The van der Waals surface area contributed by atoms with Crippen LogP contribution in [-0.2, 0) is 11.3 Å². The fraction of sp³-hybridized carbons (Fsp3) is 0.562. The maximum absolute atomic E-state index is 10.6. The Kier molecular flexibility index (Phi) is 8.45. The Hall–Kier alpha value is -2.80. The minimum Gasteiger partial charge on any atom is -0.480 e. The molecule has 162 valence electrons. The minimum absolute atomic E-state index is 0.0575. The third kappa shape index (κ3) is 8.83. The number of carboxylic acids is 1. The van der Waals surface area contributed by atoms with Crippen LogP contribution >= 0.6 is 0 Å². The zero-order valence-electron chi connectivity index (χ0n) is 16.6. The standard InChI is InChI=1S/C14H22N6O2.C2HF3O2/c1-14(2,9-20(3)4)15-8-12-16-13(19-22-12)10-6-7-11(21-5)18-17-10;3-2(4,5)1(6)7/h6-7,15H,8-9H2,1-5H3;(H,6,7). The first-order chi connectivity index (χ1) is 13.3. The van der Waals surface area contributed by atoms with Gasteiger partial charge in [0.15, 0.2) is 0 Å². The highest BCUT2D eigenvalue weighted by Gasteiger charge is 2.38. The SMILES string of the molecule is COc1ccc(-c2noc(CNC(C)(C)CN(C)C)n2)nn1.O=C(O)C(F)(F)F. The second-order valence-electron chi connectivity index (χ2n) is 6.75. The van der Waals surface area contributed by atoms with Gasteiger partial charge in [-0.2, -0.15) is 18.2 Å². The summed E-state index contributed by atoms with van der Waals surface area (Å²) < 4.78 is 41.9. The molecule has 0 unspecified atom stereocenters. The zero-order valence-corrected chi connectivity index (χ0v) is 16.6. The van der Waals surface area contributed by atoms with Crippen LogP contribution in [0.2, 0.25) is 0 Å². The Morgan fingerprint density at radius 2 is 1.90 bits per heavy atom. The Morgan fingerprint density at radius 1 is 1.28 bits per heavy atom. The van der Waals surface area contributed by atoms with E-state index >= 15 is 0 Å². The molecule has 0 saturated heterocycles. The zero-order chi connectivity index (χ0) is 22.2. The van der Waals surface area contributed by atoms with Gasteiger partial charge in [0.25, 0.3) is 0 Å². The number of methoxy groups -OCH3 is 1. The van der Waals surface area contributed by atoms with E-state index in [1.807, 2.05) is 14.1 Å². The number of ether oxygens (including phenoxy) is 1. The predicted octanol–water partition coefficient (Wildman–Crippen LogP) is 1.60. The number of carboxylic acid groups (broad SMARTS) is 1. The summed E-state index contributed by atoms with van der Waals surface area (Å²) in [5, 5.41) is 22.3. The highest BCUT2D eigenvalue weighted by molar-refractivity contribution is 5.73. The first-order valence-electron chi connectivity index (χ1n) is 8.24. The van der Waals surface area contributed by atoms with E-state index < -0.39 is 12.1 Å². The van der Waals surface area contributed by atoms with Gasteiger partial charge < -0.3 is 24.6 Å². The van der Waals surface area contributed by atoms with Gasteiger partial charge in [-0.25, -0.2) is 4.79 Å². The summed E-state index contributed by atoms with van der Waals surface area (Å²) in [6.45, 7) is 5.65. The molecule has 13 heteroatoms. The number of aromatic nitrogens is 4. The number of nitrogens with one attached hydrogen (secondary N) is 1. The van der Waals surface area contributed by atoms with Crippen molar-refractivity contribution in [2.75, 3.05) is 27.7 Å². The maximum atomic E-state index is 10.6. The number of nitrogens with zero attached hydrogens (tertiary/aromatic N) is 5. The lowest BCUT2D eigenvalue weighted by molar-refractivity contribution is -0.192. The lowest BCUT2D eigenvalue weighted by atomic mass is 10.1. The number of alkyl halides is 3. The van der Waals surface area contributed by atoms with E-state index in [2.05, 4.69) is 44.4 Å². The number of aliphatic carboxylic acids is 1. The molecule has 10 nitrogen and oxygen atoms in total. The maximum Gasteiger partial charge on any atom is 0.490 e. The van der Waals surface area contributed by atoms with E-state index in [4.69, 9.17) is 19.2 Å². The van der Waals surface area contributed by atoms with Crippen molar-refractivity contribution in [1.29, 1.82) is 0 Å². The van der Waals surface area contributed by atoms with Gasteiger partial charge in [-0.3, -0.25) is 0 Å². The second-order valence-corrected chi connectivity index (χ2v) is 6.75. The number of likely N-dealkylation sites (N-methyl/N-ethyl adjacent to an activating group) is 1. The monoisotopic (exact) mass is 420 g/mol. The molecule has 2 rings (SSSR count). The fourth-order valence-electron chi connectivity index (χ4n) is 2.14.